The molecule has 4 nitrogen and oxygen atoms in total. The van der Waals surface area contributed by atoms with Crippen LogP contribution in [0, 0.1) is 58.2 Å². The van der Waals surface area contributed by atoms with Crippen molar-refractivity contribution in [1.82, 2.24) is 0 Å². The third-order valence-corrected chi connectivity index (χ3v) is 3.57. The maximum atomic E-state index is 13.8. The smallest absolute Gasteiger partial charge is 0.319 e. The lowest BCUT2D eigenvalue weighted by molar-refractivity contribution is -0.164. The Balaban J connectivity index is 2.62. The first-order valence-electron chi connectivity index (χ1n) is 7.11. The lowest BCUT2D eigenvalue weighted by Crippen LogP contribution is -2.51. The molecule has 0 radical (unpaired) electrons. The van der Waals surface area contributed by atoms with E-state index in [0.29, 0.717) is 14.2 Å². The Labute approximate surface area is 155 Å². The van der Waals surface area contributed by atoms with E-state index in [9.17, 15) is 43.9 Å². The van der Waals surface area contributed by atoms with E-state index < -0.39 is 75.6 Å². The van der Waals surface area contributed by atoms with E-state index >= 15 is 0 Å². The standard InChI is InChI=1S/C15H8F10N2O2/c1-28-15(29-2,26-13-9(22)5(18)3(16)6(19)10(13)23)27-14-11(24)7(20)4(17)8(21)12(14)25/h26-27H,1-2H3. The summed E-state index contributed by atoms with van der Waals surface area (Å²) < 4.78 is 144. The Bertz CT molecular complexity index is 834. The topological polar surface area (TPSA) is 42.5 Å². The fourth-order valence-electron chi connectivity index (χ4n) is 2.08. The SMILES string of the molecule is COC(Nc1c(F)c(F)c(F)c(F)c1F)(Nc1c(F)c(F)c(F)c(F)c1F)OC. The zero-order valence-corrected chi connectivity index (χ0v) is 14.1. The quantitative estimate of drug-likeness (QED) is 0.302. The lowest BCUT2D eigenvalue weighted by Gasteiger charge is -2.33. The largest absolute Gasteiger partial charge is 0.337 e. The predicted octanol–water partition coefficient (Wildman–Crippen LogP) is 4.51. The van der Waals surface area contributed by atoms with Crippen LogP contribution in [0.3, 0.4) is 0 Å². The van der Waals surface area contributed by atoms with E-state index in [-0.39, 0.29) is 0 Å². The highest BCUT2D eigenvalue weighted by Gasteiger charge is 2.38. The number of hydrogen-bond acceptors (Lipinski definition) is 4. The van der Waals surface area contributed by atoms with Crippen LogP contribution in [0.1, 0.15) is 0 Å². The average molecular weight is 438 g/mol. The van der Waals surface area contributed by atoms with Crippen molar-refractivity contribution in [1.29, 1.82) is 0 Å². The molecule has 0 aliphatic heterocycles. The maximum absolute atomic E-state index is 13.8. The molecule has 2 aromatic carbocycles. The van der Waals surface area contributed by atoms with Crippen molar-refractivity contribution in [2.75, 3.05) is 24.9 Å². The molecule has 0 unspecified atom stereocenters. The van der Waals surface area contributed by atoms with E-state index in [0.717, 1.165) is 0 Å². The van der Waals surface area contributed by atoms with Gasteiger partial charge in [0, 0.05) is 14.2 Å². The Kier molecular flexibility index (Phi) is 6.18. The molecule has 2 N–H and O–H groups in total. The van der Waals surface area contributed by atoms with Crippen molar-refractivity contribution < 1.29 is 53.4 Å². The highest BCUT2D eigenvalue weighted by molar-refractivity contribution is 5.54. The van der Waals surface area contributed by atoms with Gasteiger partial charge < -0.3 is 20.1 Å². The van der Waals surface area contributed by atoms with Crippen molar-refractivity contribution in [2.24, 2.45) is 0 Å². The number of rotatable bonds is 6. The number of benzene rings is 2. The second kappa shape index (κ2) is 7.94. The first kappa shape index (κ1) is 22.5. The molecule has 160 valence electrons. The van der Waals surface area contributed by atoms with Crippen LogP contribution >= 0.6 is 0 Å². The van der Waals surface area contributed by atoms with E-state index in [4.69, 9.17) is 0 Å². The molecule has 0 spiro atoms. The van der Waals surface area contributed by atoms with Gasteiger partial charge in [-0.25, -0.2) is 43.9 Å². The fraction of sp³-hybridized carbons (Fsp3) is 0.200. The minimum atomic E-state index is -3.06. The third kappa shape index (κ3) is 3.64. The number of nitrogens with one attached hydrogen (secondary N) is 2. The van der Waals surface area contributed by atoms with Gasteiger partial charge in [-0.05, 0) is 0 Å². The molecule has 2 rings (SSSR count). The van der Waals surface area contributed by atoms with Gasteiger partial charge in [0.15, 0.2) is 46.5 Å². The summed E-state index contributed by atoms with van der Waals surface area (Å²) in [4.78, 5) is 0. The zero-order valence-electron chi connectivity index (χ0n) is 14.1. The minimum Gasteiger partial charge on any atom is -0.319 e. The maximum Gasteiger partial charge on any atom is 0.337 e. The zero-order chi connectivity index (χ0) is 22.3. The van der Waals surface area contributed by atoms with Gasteiger partial charge in [0.1, 0.15) is 11.4 Å². The van der Waals surface area contributed by atoms with Crippen LogP contribution in [0.4, 0.5) is 55.3 Å². The predicted molar refractivity (Wildman–Crippen MR) is 76.5 cm³/mol. The van der Waals surface area contributed by atoms with Gasteiger partial charge in [-0.2, -0.15) is 0 Å². The molecule has 0 saturated carbocycles. The first-order valence-corrected chi connectivity index (χ1v) is 7.11. The van der Waals surface area contributed by atoms with Crippen LogP contribution in [-0.2, 0) is 9.47 Å². The van der Waals surface area contributed by atoms with Crippen molar-refractivity contribution in [3.8, 4) is 0 Å². The summed E-state index contributed by atoms with van der Waals surface area (Å²) in [6.07, 6.45) is 0. The van der Waals surface area contributed by atoms with Gasteiger partial charge in [0.05, 0.1) is 0 Å². The number of halogens is 10. The van der Waals surface area contributed by atoms with Gasteiger partial charge in [0.25, 0.3) is 0 Å². The molecule has 0 aliphatic carbocycles. The van der Waals surface area contributed by atoms with E-state index in [1.54, 1.807) is 0 Å². The fourth-order valence-corrected chi connectivity index (χ4v) is 2.08. The highest BCUT2D eigenvalue weighted by atomic mass is 19.2. The molecule has 0 amide bonds. The van der Waals surface area contributed by atoms with Gasteiger partial charge >= 0.3 is 6.03 Å². The van der Waals surface area contributed by atoms with Crippen LogP contribution < -0.4 is 10.6 Å². The molecular weight excluding hydrogens is 430 g/mol. The van der Waals surface area contributed by atoms with Gasteiger partial charge in [0.2, 0.25) is 11.6 Å². The Morgan fingerprint density at radius 2 is 0.655 bits per heavy atom. The van der Waals surface area contributed by atoms with E-state index in [2.05, 4.69) is 9.47 Å². The second-order valence-corrected chi connectivity index (χ2v) is 5.16. The van der Waals surface area contributed by atoms with Crippen molar-refractivity contribution in [3.05, 3.63) is 58.2 Å². The third-order valence-electron chi connectivity index (χ3n) is 3.57. The second-order valence-electron chi connectivity index (χ2n) is 5.16. The molecule has 0 atom stereocenters. The van der Waals surface area contributed by atoms with Crippen molar-refractivity contribution in [2.45, 2.75) is 6.03 Å². The normalized spacial score (nSPS) is 11.7. The van der Waals surface area contributed by atoms with Crippen LogP contribution in [0.25, 0.3) is 0 Å². The Morgan fingerprint density at radius 1 is 0.448 bits per heavy atom. The van der Waals surface area contributed by atoms with Crippen LogP contribution in [0.5, 0.6) is 0 Å². The molecule has 0 saturated heterocycles. The molecule has 0 fully saturated rings. The van der Waals surface area contributed by atoms with E-state index in [1.807, 2.05) is 0 Å². The molecule has 0 heterocycles. The Hall–Kier alpha value is -2.74. The molecule has 14 heteroatoms. The summed E-state index contributed by atoms with van der Waals surface area (Å²) in [5.41, 5.74) is -3.58. The summed E-state index contributed by atoms with van der Waals surface area (Å²) in [5, 5.41) is 2.94. The van der Waals surface area contributed by atoms with Gasteiger partial charge in [-0.3, -0.25) is 0 Å². The highest BCUT2D eigenvalue weighted by Crippen LogP contribution is 2.33. The molecular formula is C15H8F10N2O2. The summed E-state index contributed by atoms with van der Waals surface area (Å²) >= 11 is 0. The van der Waals surface area contributed by atoms with Crippen molar-refractivity contribution >= 4 is 11.4 Å². The number of methoxy groups -OCH3 is 2. The monoisotopic (exact) mass is 438 g/mol. The summed E-state index contributed by atoms with van der Waals surface area (Å²) in [6.45, 7) is 0. The molecule has 0 aromatic heterocycles. The number of hydrogen-bond donors (Lipinski definition) is 2. The number of ether oxygens (including phenoxy) is 2. The van der Waals surface area contributed by atoms with Gasteiger partial charge in [-0.15, -0.1) is 0 Å². The number of anilines is 2. The first-order chi connectivity index (χ1) is 13.4. The average Bonchev–Trinajstić information content (AvgIpc) is 2.72. The summed E-state index contributed by atoms with van der Waals surface area (Å²) in [5.74, 6) is -24.4. The van der Waals surface area contributed by atoms with E-state index in [1.165, 1.54) is 10.6 Å². The summed E-state index contributed by atoms with van der Waals surface area (Å²) in [7, 11) is 1.28. The lowest BCUT2D eigenvalue weighted by atomic mass is 10.2. The Morgan fingerprint density at radius 3 is 0.862 bits per heavy atom. The van der Waals surface area contributed by atoms with Crippen molar-refractivity contribution in [3.63, 3.8) is 0 Å². The molecule has 0 bridgehead atoms. The molecule has 0 aliphatic rings. The van der Waals surface area contributed by atoms with Crippen LogP contribution in [0.15, 0.2) is 0 Å². The molecule has 2 aromatic rings. The molecule has 29 heavy (non-hydrogen) atoms. The van der Waals surface area contributed by atoms with Crippen LogP contribution in [-0.4, -0.2) is 20.3 Å². The van der Waals surface area contributed by atoms with Crippen LogP contribution in [0.2, 0.25) is 0 Å². The minimum absolute atomic E-state index is 0.640. The van der Waals surface area contributed by atoms with Gasteiger partial charge in [-0.1, -0.05) is 0 Å². The summed E-state index contributed by atoms with van der Waals surface area (Å²) in [6, 6.07) is -3.06.